The van der Waals surface area contributed by atoms with Crippen molar-refractivity contribution in [2.45, 2.75) is 33.2 Å². The van der Waals surface area contributed by atoms with Crippen LogP contribution < -0.4 is 16.2 Å². The summed E-state index contributed by atoms with van der Waals surface area (Å²) in [5, 5.41) is 7.16. The largest absolute Gasteiger partial charge is 0.459 e. The van der Waals surface area contributed by atoms with Crippen LogP contribution in [-0.2, 0) is 6.54 Å². The highest BCUT2D eigenvalue weighted by Gasteiger charge is 2.20. The number of furan rings is 1. The molecule has 1 atom stereocenters. The summed E-state index contributed by atoms with van der Waals surface area (Å²) in [6.07, 6.45) is 4.00. The molecule has 1 amide bonds. The number of para-hydroxylation sites is 1. The molecule has 1 aliphatic heterocycles. The summed E-state index contributed by atoms with van der Waals surface area (Å²) < 4.78 is 7.38. The average molecular weight is 379 g/mol. The molecule has 1 unspecified atom stereocenters. The molecule has 0 aliphatic carbocycles. The van der Waals surface area contributed by atoms with Gasteiger partial charge in [-0.2, -0.15) is 0 Å². The predicted molar refractivity (Wildman–Crippen MR) is 110 cm³/mol. The summed E-state index contributed by atoms with van der Waals surface area (Å²) in [7, 11) is 0. The Kier molecular flexibility index (Phi) is 5.05. The van der Waals surface area contributed by atoms with Gasteiger partial charge in [-0.05, 0) is 69.5 Å². The monoisotopic (exact) mass is 379 g/mol. The minimum Gasteiger partial charge on any atom is -0.459 e. The normalized spacial score (nSPS) is 17.0. The molecule has 4 rings (SSSR count). The lowest BCUT2D eigenvalue weighted by Gasteiger charge is -2.23. The van der Waals surface area contributed by atoms with Crippen LogP contribution in [0, 0.1) is 19.8 Å². The number of pyridine rings is 1. The zero-order valence-electron chi connectivity index (χ0n) is 16.2. The van der Waals surface area contributed by atoms with E-state index in [2.05, 4.69) is 10.6 Å². The lowest BCUT2D eigenvalue weighted by Crippen LogP contribution is -2.36. The van der Waals surface area contributed by atoms with Crippen LogP contribution in [0.15, 0.2) is 45.7 Å². The number of carbonyl (C=O) groups excluding carboxylic acids is 1. The third-order valence-electron chi connectivity index (χ3n) is 5.37. The topological polar surface area (TPSA) is 76.3 Å². The summed E-state index contributed by atoms with van der Waals surface area (Å²) in [6, 6.07) is 9.33. The molecular formula is C22H25N3O3. The van der Waals surface area contributed by atoms with Crippen LogP contribution >= 0.6 is 0 Å². The highest BCUT2D eigenvalue weighted by atomic mass is 16.3. The Bertz CT molecular complexity index is 1070. The molecule has 0 saturated carbocycles. The Morgan fingerprint density at radius 1 is 1.32 bits per heavy atom. The number of nitrogens with one attached hydrogen (secondary N) is 2. The summed E-state index contributed by atoms with van der Waals surface area (Å²) in [5.41, 5.74) is 1.80. The number of hydrogen-bond donors (Lipinski definition) is 2. The number of aromatic nitrogens is 1. The Morgan fingerprint density at radius 3 is 2.96 bits per heavy atom. The van der Waals surface area contributed by atoms with E-state index < -0.39 is 5.91 Å². The van der Waals surface area contributed by atoms with Crippen molar-refractivity contribution in [1.82, 2.24) is 9.88 Å². The van der Waals surface area contributed by atoms with Gasteiger partial charge in [-0.15, -0.1) is 0 Å². The quantitative estimate of drug-likeness (QED) is 0.728. The molecule has 1 aromatic carbocycles. The lowest BCUT2D eigenvalue weighted by molar-refractivity contribution is 0.102. The molecule has 3 aromatic rings. The van der Waals surface area contributed by atoms with Crippen LogP contribution in [0.3, 0.4) is 0 Å². The van der Waals surface area contributed by atoms with E-state index in [1.54, 1.807) is 23.8 Å². The number of carbonyl (C=O) groups is 1. The number of rotatable bonds is 4. The van der Waals surface area contributed by atoms with Gasteiger partial charge in [-0.1, -0.05) is 12.1 Å². The maximum absolute atomic E-state index is 13.0. The molecule has 3 heterocycles. The molecule has 0 bridgehead atoms. The fourth-order valence-electron chi connectivity index (χ4n) is 3.92. The van der Waals surface area contributed by atoms with Crippen LogP contribution in [0.25, 0.3) is 11.0 Å². The Hall–Kier alpha value is -2.86. The Balaban J connectivity index is 1.63. The minimum absolute atomic E-state index is 0.187. The van der Waals surface area contributed by atoms with E-state index in [0.29, 0.717) is 29.3 Å². The van der Waals surface area contributed by atoms with Gasteiger partial charge in [-0.3, -0.25) is 9.59 Å². The molecule has 6 heteroatoms. The van der Waals surface area contributed by atoms with Crippen molar-refractivity contribution in [1.29, 1.82) is 0 Å². The maximum atomic E-state index is 13.0. The number of amides is 1. The van der Waals surface area contributed by atoms with Gasteiger partial charge in [-0.25, -0.2) is 0 Å². The van der Waals surface area contributed by atoms with Crippen LogP contribution in [0.1, 0.15) is 34.5 Å². The Labute approximate surface area is 163 Å². The van der Waals surface area contributed by atoms with Crippen molar-refractivity contribution in [3.8, 4) is 0 Å². The van der Waals surface area contributed by atoms with Crippen molar-refractivity contribution in [3.63, 3.8) is 0 Å². The highest BCUT2D eigenvalue weighted by molar-refractivity contribution is 6.08. The third kappa shape index (κ3) is 3.60. The predicted octanol–water partition coefficient (Wildman–Crippen LogP) is 3.46. The molecule has 146 valence electrons. The zero-order valence-corrected chi connectivity index (χ0v) is 16.2. The van der Waals surface area contributed by atoms with Gasteiger partial charge in [0.1, 0.15) is 11.3 Å². The summed E-state index contributed by atoms with van der Waals surface area (Å²) >= 11 is 0. The van der Waals surface area contributed by atoms with Crippen LogP contribution in [0.4, 0.5) is 5.69 Å². The first-order valence-electron chi connectivity index (χ1n) is 9.74. The van der Waals surface area contributed by atoms with E-state index >= 15 is 0 Å². The van der Waals surface area contributed by atoms with Gasteiger partial charge in [0.25, 0.3) is 11.5 Å². The smallest absolute Gasteiger partial charge is 0.263 e. The van der Waals surface area contributed by atoms with E-state index in [1.807, 2.05) is 31.2 Å². The van der Waals surface area contributed by atoms with E-state index in [1.165, 1.54) is 0 Å². The second kappa shape index (κ2) is 7.64. The molecule has 6 nitrogen and oxygen atoms in total. The molecule has 1 fully saturated rings. The molecule has 1 saturated heterocycles. The molecule has 0 spiro atoms. The fraction of sp³-hybridized carbons (Fsp3) is 0.364. The fourth-order valence-corrected chi connectivity index (χ4v) is 3.92. The van der Waals surface area contributed by atoms with Gasteiger partial charge in [0.15, 0.2) is 5.58 Å². The second-order valence-corrected chi connectivity index (χ2v) is 7.58. The minimum atomic E-state index is -0.403. The van der Waals surface area contributed by atoms with E-state index in [0.717, 1.165) is 37.1 Å². The van der Waals surface area contributed by atoms with Crippen LogP contribution in [0.2, 0.25) is 0 Å². The first kappa shape index (κ1) is 18.5. The average Bonchev–Trinajstić information content (AvgIpc) is 3.06. The van der Waals surface area contributed by atoms with E-state index in [9.17, 15) is 9.59 Å². The van der Waals surface area contributed by atoms with Crippen molar-refractivity contribution in [2.24, 2.45) is 5.92 Å². The molecule has 0 radical (unpaired) electrons. The first-order valence-corrected chi connectivity index (χ1v) is 9.74. The Morgan fingerprint density at radius 2 is 2.18 bits per heavy atom. The number of hydrogen-bond acceptors (Lipinski definition) is 4. The third-order valence-corrected chi connectivity index (χ3v) is 5.37. The van der Waals surface area contributed by atoms with E-state index in [-0.39, 0.29) is 11.1 Å². The lowest BCUT2D eigenvalue weighted by atomic mass is 9.99. The molecule has 1 aliphatic rings. The first-order chi connectivity index (χ1) is 13.5. The molecular weight excluding hydrogens is 354 g/mol. The number of aryl methyl sites for hydroxylation is 2. The van der Waals surface area contributed by atoms with Gasteiger partial charge < -0.3 is 19.6 Å². The summed E-state index contributed by atoms with van der Waals surface area (Å²) in [6.45, 7) is 6.22. The van der Waals surface area contributed by atoms with Crippen molar-refractivity contribution >= 4 is 22.6 Å². The molecule has 2 aromatic heterocycles. The van der Waals surface area contributed by atoms with Crippen molar-refractivity contribution < 1.29 is 9.21 Å². The van der Waals surface area contributed by atoms with Crippen LogP contribution in [0.5, 0.6) is 0 Å². The SMILES string of the molecule is Cc1cc2cccc(NC(=O)c3c(C)ccn(CC4CCCNC4)c3=O)c2o1. The van der Waals surface area contributed by atoms with Crippen LogP contribution in [-0.4, -0.2) is 23.6 Å². The van der Waals surface area contributed by atoms with Gasteiger partial charge >= 0.3 is 0 Å². The van der Waals surface area contributed by atoms with Gasteiger partial charge in [0, 0.05) is 18.1 Å². The summed E-state index contributed by atoms with van der Waals surface area (Å²) in [4.78, 5) is 26.0. The number of fused-ring (bicyclic) bond motifs is 1. The molecule has 2 N–H and O–H groups in total. The van der Waals surface area contributed by atoms with Crippen molar-refractivity contribution in [3.05, 3.63) is 63.8 Å². The standard InChI is InChI=1S/C22H25N3O3/c1-14-8-10-25(13-16-5-4-9-23-12-16)22(27)19(14)21(26)24-18-7-3-6-17-11-15(2)28-20(17)18/h3,6-8,10-11,16,23H,4-5,9,12-13H2,1-2H3,(H,24,26). The van der Waals surface area contributed by atoms with Gasteiger partial charge in [0.05, 0.1) is 5.69 Å². The number of nitrogens with zero attached hydrogens (tertiary/aromatic N) is 1. The highest BCUT2D eigenvalue weighted by Crippen LogP contribution is 2.27. The van der Waals surface area contributed by atoms with Gasteiger partial charge in [0.2, 0.25) is 0 Å². The van der Waals surface area contributed by atoms with E-state index in [4.69, 9.17) is 4.42 Å². The number of piperidine rings is 1. The van der Waals surface area contributed by atoms with Crippen molar-refractivity contribution in [2.75, 3.05) is 18.4 Å². The maximum Gasteiger partial charge on any atom is 0.263 e. The summed E-state index contributed by atoms with van der Waals surface area (Å²) in [5.74, 6) is 0.779. The second-order valence-electron chi connectivity index (χ2n) is 7.58. The molecule has 28 heavy (non-hydrogen) atoms. The number of benzene rings is 1. The zero-order chi connectivity index (χ0) is 19.7. The number of anilines is 1.